The predicted octanol–water partition coefficient (Wildman–Crippen LogP) is 2.59. The first-order chi connectivity index (χ1) is 6.82. The molecule has 0 radical (unpaired) electrons. The Balaban J connectivity index is 2.54. The van der Waals surface area contributed by atoms with E-state index in [1.165, 1.54) is 7.05 Å². The summed E-state index contributed by atoms with van der Waals surface area (Å²) in [4.78, 5) is 11.8. The lowest BCUT2D eigenvalue weighted by Crippen LogP contribution is -2.45. The monoisotopic (exact) mass is 223 g/mol. The highest BCUT2D eigenvalue weighted by atomic mass is 19.4. The summed E-state index contributed by atoms with van der Waals surface area (Å²) < 4.78 is 36.4. The highest BCUT2D eigenvalue weighted by Crippen LogP contribution is 2.28. The predicted molar refractivity (Wildman–Crippen MR) is 50.2 cm³/mol. The molecule has 0 spiro atoms. The van der Waals surface area contributed by atoms with Gasteiger partial charge < -0.3 is 4.90 Å². The van der Waals surface area contributed by atoms with Crippen LogP contribution in [0.2, 0.25) is 0 Å². The van der Waals surface area contributed by atoms with Crippen LogP contribution in [0.1, 0.15) is 32.6 Å². The Morgan fingerprint density at radius 2 is 1.67 bits per heavy atom. The summed E-state index contributed by atoms with van der Waals surface area (Å²) in [6, 6.07) is -0.240. The van der Waals surface area contributed by atoms with Crippen LogP contribution in [0.4, 0.5) is 13.2 Å². The van der Waals surface area contributed by atoms with Gasteiger partial charge in [-0.15, -0.1) is 0 Å². The number of alkyl halides is 3. The third-order valence-electron chi connectivity index (χ3n) is 3.10. The van der Waals surface area contributed by atoms with Crippen LogP contribution in [-0.2, 0) is 4.79 Å². The molecule has 2 nitrogen and oxygen atoms in total. The number of rotatable bonds is 1. The second-order valence-corrected chi connectivity index (χ2v) is 4.33. The molecule has 0 N–H and O–H groups in total. The lowest BCUT2D eigenvalue weighted by atomic mass is 9.87. The molecule has 0 aromatic rings. The molecule has 15 heavy (non-hydrogen) atoms. The first kappa shape index (κ1) is 12.3. The van der Waals surface area contributed by atoms with Gasteiger partial charge in [0.2, 0.25) is 0 Å². The van der Waals surface area contributed by atoms with Gasteiger partial charge in [-0.05, 0) is 31.6 Å². The van der Waals surface area contributed by atoms with Crippen molar-refractivity contribution in [2.75, 3.05) is 7.05 Å². The van der Waals surface area contributed by atoms with Crippen molar-refractivity contribution in [3.05, 3.63) is 0 Å². The van der Waals surface area contributed by atoms with Gasteiger partial charge in [0, 0.05) is 13.1 Å². The number of hydrogen-bond donors (Lipinski definition) is 0. The van der Waals surface area contributed by atoms with Gasteiger partial charge in [-0.25, -0.2) is 0 Å². The van der Waals surface area contributed by atoms with Crippen LogP contribution < -0.4 is 0 Å². The lowest BCUT2D eigenvalue weighted by molar-refractivity contribution is -0.186. The lowest BCUT2D eigenvalue weighted by Gasteiger charge is -2.33. The molecule has 0 aromatic heterocycles. The van der Waals surface area contributed by atoms with E-state index in [0.717, 1.165) is 17.7 Å². The van der Waals surface area contributed by atoms with Gasteiger partial charge in [-0.2, -0.15) is 13.2 Å². The highest BCUT2D eigenvalue weighted by Gasteiger charge is 2.43. The van der Waals surface area contributed by atoms with Crippen molar-refractivity contribution in [1.82, 2.24) is 4.90 Å². The standard InChI is InChI=1S/C10H16F3NO/c1-7-3-5-8(6-4-7)14(2)9(15)10(11,12)13/h7-8H,3-6H2,1-2H3. The minimum absolute atomic E-state index is 0.240. The molecule has 0 atom stereocenters. The summed E-state index contributed by atoms with van der Waals surface area (Å²) in [6.07, 6.45) is -1.57. The van der Waals surface area contributed by atoms with E-state index >= 15 is 0 Å². The van der Waals surface area contributed by atoms with E-state index < -0.39 is 12.1 Å². The minimum Gasteiger partial charge on any atom is -0.335 e. The fourth-order valence-electron chi connectivity index (χ4n) is 2.00. The van der Waals surface area contributed by atoms with Crippen molar-refractivity contribution in [3.63, 3.8) is 0 Å². The van der Waals surface area contributed by atoms with Gasteiger partial charge in [-0.3, -0.25) is 4.79 Å². The Morgan fingerprint density at radius 3 is 2.07 bits per heavy atom. The summed E-state index contributed by atoms with van der Waals surface area (Å²) in [5.41, 5.74) is 0. The van der Waals surface area contributed by atoms with Crippen LogP contribution >= 0.6 is 0 Å². The zero-order valence-electron chi connectivity index (χ0n) is 8.97. The van der Waals surface area contributed by atoms with E-state index in [-0.39, 0.29) is 6.04 Å². The normalized spacial score (nSPS) is 27.5. The molecule has 88 valence electrons. The van der Waals surface area contributed by atoms with Crippen molar-refractivity contribution in [2.24, 2.45) is 5.92 Å². The van der Waals surface area contributed by atoms with Gasteiger partial charge in [0.1, 0.15) is 0 Å². The number of carbonyl (C=O) groups is 1. The third kappa shape index (κ3) is 3.11. The Kier molecular flexibility index (Phi) is 3.62. The molecule has 1 aliphatic rings. The van der Waals surface area contributed by atoms with Crippen LogP contribution in [0.3, 0.4) is 0 Å². The molecule has 1 saturated carbocycles. The van der Waals surface area contributed by atoms with Crippen LogP contribution in [-0.4, -0.2) is 30.1 Å². The topological polar surface area (TPSA) is 20.3 Å². The number of amides is 1. The van der Waals surface area contributed by atoms with Gasteiger partial charge in [-0.1, -0.05) is 6.92 Å². The van der Waals surface area contributed by atoms with Crippen LogP contribution in [0, 0.1) is 5.92 Å². The average molecular weight is 223 g/mol. The Hall–Kier alpha value is -0.740. The molecule has 5 heteroatoms. The highest BCUT2D eigenvalue weighted by molar-refractivity contribution is 5.81. The molecule has 1 aliphatic carbocycles. The molecule has 0 aliphatic heterocycles. The van der Waals surface area contributed by atoms with Gasteiger partial charge in [0.25, 0.3) is 0 Å². The summed E-state index contributed by atoms with van der Waals surface area (Å²) in [5.74, 6) is -1.15. The van der Waals surface area contributed by atoms with Gasteiger partial charge in [0.05, 0.1) is 0 Å². The summed E-state index contributed by atoms with van der Waals surface area (Å²) in [5, 5.41) is 0. The largest absolute Gasteiger partial charge is 0.471 e. The van der Waals surface area contributed by atoms with Crippen LogP contribution in [0.5, 0.6) is 0 Å². The fraction of sp³-hybridized carbons (Fsp3) is 0.900. The third-order valence-corrected chi connectivity index (χ3v) is 3.10. The summed E-state index contributed by atoms with van der Waals surface area (Å²) >= 11 is 0. The molecule has 1 rings (SSSR count). The summed E-state index contributed by atoms with van der Waals surface area (Å²) in [6.45, 7) is 2.09. The molecule has 0 saturated heterocycles. The van der Waals surface area contributed by atoms with Crippen LogP contribution in [0.15, 0.2) is 0 Å². The van der Waals surface area contributed by atoms with E-state index in [2.05, 4.69) is 6.92 Å². The van der Waals surface area contributed by atoms with Crippen molar-refractivity contribution >= 4 is 5.91 Å². The molecule has 1 fully saturated rings. The van der Waals surface area contributed by atoms with Crippen molar-refractivity contribution in [3.8, 4) is 0 Å². The number of hydrogen-bond acceptors (Lipinski definition) is 1. The first-order valence-corrected chi connectivity index (χ1v) is 5.16. The zero-order chi connectivity index (χ0) is 11.6. The quantitative estimate of drug-likeness (QED) is 0.669. The van der Waals surface area contributed by atoms with E-state index in [9.17, 15) is 18.0 Å². The van der Waals surface area contributed by atoms with Crippen molar-refractivity contribution in [1.29, 1.82) is 0 Å². The Labute approximate surface area is 87.4 Å². The van der Waals surface area contributed by atoms with E-state index in [4.69, 9.17) is 0 Å². The Bertz CT molecular complexity index is 231. The Morgan fingerprint density at radius 1 is 1.20 bits per heavy atom. The van der Waals surface area contributed by atoms with Crippen molar-refractivity contribution < 1.29 is 18.0 Å². The van der Waals surface area contributed by atoms with Crippen LogP contribution in [0.25, 0.3) is 0 Å². The SMILES string of the molecule is CC1CCC(N(C)C(=O)C(F)(F)F)CC1. The maximum Gasteiger partial charge on any atom is 0.471 e. The van der Waals surface area contributed by atoms with E-state index in [1.807, 2.05) is 0 Å². The molecule has 0 heterocycles. The average Bonchev–Trinajstić information content (AvgIpc) is 2.15. The molecular formula is C10H16F3NO. The molecule has 0 unspecified atom stereocenters. The maximum absolute atomic E-state index is 12.1. The van der Waals surface area contributed by atoms with E-state index in [0.29, 0.717) is 18.8 Å². The van der Waals surface area contributed by atoms with E-state index in [1.54, 1.807) is 0 Å². The van der Waals surface area contributed by atoms with Gasteiger partial charge >= 0.3 is 12.1 Å². The fourth-order valence-corrected chi connectivity index (χ4v) is 2.00. The second kappa shape index (κ2) is 4.41. The smallest absolute Gasteiger partial charge is 0.335 e. The number of carbonyl (C=O) groups excluding carboxylic acids is 1. The molecular weight excluding hydrogens is 207 g/mol. The zero-order valence-corrected chi connectivity index (χ0v) is 8.97. The summed E-state index contributed by atoms with van der Waals surface area (Å²) in [7, 11) is 1.25. The maximum atomic E-state index is 12.1. The number of nitrogens with zero attached hydrogens (tertiary/aromatic N) is 1. The number of halogens is 3. The molecule has 0 bridgehead atoms. The van der Waals surface area contributed by atoms with Crippen molar-refractivity contribution in [2.45, 2.75) is 44.8 Å². The molecule has 0 aromatic carbocycles. The minimum atomic E-state index is -4.74. The van der Waals surface area contributed by atoms with Gasteiger partial charge in [0.15, 0.2) is 0 Å². The molecule has 1 amide bonds. The second-order valence-electron chi connectivity index (χ2n) is 4.33. The first-order valence-electron chi connectivity index (χ1n) is 5.16.